The molecule has 1 saturated heterocycles. The first-order valence-electron chi connectivity index (χ1n) is 8.07. The van der Waals surface area contributed by atoms with Gasteiger partial charge in [-0.05, 0) is 34.0 Å². The molecule has 1 heterocycles. The van der Waals surface area contributed by atoms with Crippen molar-refractivity contribution in [2.45, 2.75) is 12.5 Å². The monoisotopic (exact) mass is 354 g/mol. The van der Waals surface area contributed by atoms with E-state index in [0.717, 1.165) is 11.1 Å². The van der Waals surface area contributed by atoms with E-state index in [0.29, 0.717) is 29.5 Å². The molecule has 2 N–H and O–H groups in total. The lowest BCUT2D eigenvalue weighted by Gasteiger charge is -2.44. The third-order valence-corrected chi connectivity index (χ3v) is 16.1. The Hall–Kier alpha value is -1.77. The van der Waals surface area contributed by atoms with Crippen LogP contribution in [0.25, 0.3) is 10.4 Å². The summed E-state index contributed by atoms with van der Waals surface area (Å²) in [5.41, 5.74) is 1.78. The maximum Gasteiger partial charge on any atom is 0.355 e. The predicted molar refractivity (Wildman–Crippen MR) is 102 cm³/mol. The molecule has 0 atom stereocenters. The summed E-state index contributed by atoms with van der Waals surface area (Å²) in [6.45, 7) is 9.02. The van der Waals surface area contributed by atoms with Gasteiger partial charge in [-0.1, -0.05) is 73.8 Å². The van der Waals surface area contributed by atoms with E-state index in [9.17, 15) is 9.59 Å². The van der Waals surface area contributed by atoms with Gasteiger partial charge in [0.2, 0.25) is 0 Å². The average Bonchev–Trinajstić information content (AvgIpc) is 2.62. The Bertz CT molecular complexity index is 690. The molecule has 0 bridgehead atoms. The van der Waals surface area contributed by atoms with E-state index >= 15 is 0 Å². The van der Waals surface area contributed by atoms with Crippen LogP contribution < -0.4 is 0 Å². The van der Waals surface area contributed by atoms with Gasteiger partial charge < -0.3 is 14.0 Å². The molecule has 1 aliphatic rings. The van der Waals surface area contributed by atoms with Crippen molar-refractivity contribution in [3.63, 3.8) is 0 Å². The smallest absolute Gasteiger partial charge is 0.355 e. The second kappa shape index (κ2) is 6.62. The molecule has 24 heavy (non-hydrogen) atoms. The van der Waals surface area contributed by atoms with Gasteiger partial charge in [0.1, 0.15) is 0 Å². The van der Waals surface area contributed by atoms with Crippen molar-refractivity contribution in [3.05, 3.63) is 84.9 Å². The van der Waals surface area contributed by atoms with Gasteiger partial charge in [0.25, 0.3) is 0 Å². The maximum atomic E-state index is 11.1. The summed E-state index contributed by atoms with van der Waals surface area (Å²) < 4.78 is 6.21. The molecule has 0 aromatic heterocycles. The first kappa shape index (κ1) is 17.1. The molecular weight excluding hydrogens is 332 g/mol. The van der Waals surface area contributed by atoms with Gasteiger partial charge in [-0.3, -0.25) is 0 Å². The largest absolute Gasteiger partial charge is 0.411 e. The molecule has 1 fully saturated rings. The lowest BCUT2D eigenvalue weighted by Crippen LogP contribution is -2.69. The highest BCUT2D eigenvalue weighted by molar-refractivity contribution is 7.48. The molecule has 0 unspecified atom stereocenters. The SMILES string of the molecule is C=C(c1ccccc1)[Si]1(C(=C)c2ccccc2)OCCC[Si]1(O)O. The summed E-state index contributed by atoms with van der Waals surface area (Å²) in [5.74, 6) is 0. The zero-order valence-corrected chi connectivity index (χ0v) is 15.6. The van der Waals surface area contributed by atoms with Gasteiger partial charge in [0.05, 0.1) is 0 Å². The van der Waals surface area contributed by atoms with Crippen molar-refractivity contribution in [3.8, 4) is 0 Å². The van der Waals surface area contributed by atoms with Crippen LogP contribution in [0.5, 0.6) is 0 Å². The van der Waals surface area contributed by atoms with Gasteiger partial charge in [0.15, 0.2) is 0 Å². The molecule has 2 aromatic carbocycles. The average molecular weight is 355 g/mol. The highest BCUT2D eigenvalue weighted by atomic mass is 29.3. The summed E-state index contributed by atoms with van der Waals surface area (Å²) >= 11 is 0. The summed E-state index contributed by atoms with van der Waals surface area (Å²) in [5, 5.41) is 1.40. The van der Waals surface area contributed by atoms with Crippen LogP contribution in [0.4, 0.5) is 0 Å². The van der Waals surface area contributed by atoms with Crippen LogP contribution in [0.15, 0.2) is 73.8 Å². The summed E-state index contributed by atoms with van der Waals surface area (Å²) in [7, 11) is -6.88. The topological polar surface area (TPSA) is 49.7 Å². The number of benzene rings is 2. The molecule has 3 rings (SSSR count). The molecule has 124 valence electrons. The van der Waals surface area contributed by atoms with Crippen LogP contribution in [0, 0.1) is 0 Å². The van der Waals surface area contributed by atoms with E-state index in [2.05, 4.69) is 13.2 Å². The Balaban J connectivity index is 2.15. The van der Waals surface area contributed by atoms with Crippen LogP contribution in [0.3, 0.4) is 0 Å². The van der Waals surface area contributed by atoms with Gasteiger partial charge in [-0.15, -0.1) is 0 Å². The Labute approximate surface area is 144 Å². The Morgan fingerprint density at radius 1 is 0.833 bits per heavy atom. The van der Waals surface area contributed by atoms with E-state index < -0.39 is 15.9 Å². The van der Waals surface area contributed by atoms with Gasteiger partial charge in [-0.2, -0.15) is 0 Å². The normalized spacial score (nSPS) is 18.8. The molecular formula is C19H22O3Si2. The third kappa shape index (κ3) is 2.74. The highest BCUT2D eigenvalue weighted by Crippen LogP contribution is 2.43. The lowest BCUT2D eigenvalue weighted by molar-refractivity contribution is 0.272. The molecule has 3 nitrogen and oxygen atoms in total. The van der Waals surface area contributed by atoms with Crippen molar-refractivity contribution < 1.29 is 14.0 Å². The summed E-state index contributed by atoms with van der Waals surface area (Å²) in [4.78, 5) is 22.1. The minimum absolute atomic E-state index is 0.400. The predicted octanol–water partition coefficient (Wildman–Crippen LogP) is 3.36. The van der Waals surface area contributed by atoms with E-state index in [1.165, 1.54) is 0 Å². The van der Waals surface area contributed by atoms with E-state index in [4.69, 9.17) is 4.43 Å². The first-order chi connectivity index (χ1) is 11.5. The quantitative estimate of drug-likeness (QED) is 0.828. The van der Waals surface area contributed by atoms with Crippen LogP contribution in [0.1, 0.15) is 17.5 Å². The fourth-order valence-corrected chi connectivity index (χ4v) is 14.2. The van der Waals surface area contributed by atoms with Crippen molar-refractivity contribution in [1.29, 1.82) is 0 Å². The van der Waals surface area contributed by atoms with E-state index in [1.807, 2.05) is 60.7 Å². The molecule has 0 amide bonds. The minimum atomic E-state index is -3.64. The Morgan fingerprint density at radius 3 is 1.71 bits per heavy atom. The molecule has 5 heteroatoms. The van der Waals surface area contributed by atoms with Gasteiger partial charge >= 0.3 is 15.9 Å². The zero-order valence-electron chi connectivity index (χ0n) is 13.6. The fourth-order valence-electron chi connectivity index (χ4n) is 3.36. The van der Waals surface area contributed by atoms with Crippen LogP contribution in [-0.4, -0.2) is 32.1 Å². The second-order valence-corrected chi connectivity index (χ2v) is 15.6. The van der Waals surface area contributed by atoms with Crippen molar-refractivity contribution in [1.82, 2.24) is 0 Å². The number of hydrogen-bond acceptors (Lipinski definition) is 3. The Kier molecular flexibility index (Phi) is 4.71. The standard InChI is InChI=1S/C19H22O3Si2/c1-16(18-10-5-3-6-11-18)24(22-14-9-15-23(24,20)21)17(2)19-12-7-4-8-13-19/h3-8,10-13,20-21H,1-2,9,14-15H2. The van der Waals surface area contributed by atoms with Crippen molar-refractivity contribution >= 4 is 26.3 Å². The van der Waals surface area contributed by atoms with Crippen molar-refractivity contribution in [2.75, 3.05) is 6.61 Å². The van der Waals surface area contributed by atoms with Gasteiger partial charge in [0, 0.05) is 6.61 Å². The van der Waals surface area contributed by atoms with E-state index in [1.54, 1.807) is 0 Å². The molecule has 1 aliphatic heterocycles. The molecule has 2 aromatic rings. The first-order valence-corrected chi connectivity index (χ1v) is 13.1. The molecule has 0 spiro atoms. The fraction of sp³-hybridized carbons (Fsp3) is 0.158. The maximum absolute atomic E-state index is 11.1. The van der Waals surface area contributed by atoms with Crippen LogP contribution >= 0.6 is 0 Å². The van der Waals surface area contributed by atoms with Crippen molar-refractivity contribution in [2.24, 2.45) is 0 Å². The van der Waals surface area contributed by atoms with Gasteiger partial charge in [-0.25, -0.2) is 0 Å². The second-order valence-electron chi connectivity index (χ2n) is 6.14. The number of rotatable bonds is 4. The molecule has 0 aliphatic carbocycles. The summed E-state index contributed by atoms with van der Waals surface area (Å²) in [6, 6.07) is 19.7. The number of hydrogen-bond donors (Lipinski definition) is 2. The van der Waals surface area contributed by atoms with E-state index in [-0.39, 0.29) is 0 Å². The van der Waals surface area contributed by atoms with Crippen LogP contribution in [0.2, 0.25) is 6.04 Å². The summed E-state index contributed by atoms with van der Waals surface area (Å²) in [6.07, 6.45) is 0.665. The minimum Gasteiger partial charge on any atom is -0.411 e. The highest BCUT2D eigenvalue weighted by Gasteiger charge is 2.63. The molecule has 0 radical (unpaired) electrons. The Morgan fingerprint density at radius 2 is 1.29 bits per heavy atom. The third-order valence-electron chi connectivity index (χ3n) is 4.65. The van der Waals surface area contributed by atoms with Crippen LogP contribution in [-0.2, 0) is 4.43 Å². The lowest BCUT2D eigenvalue weighted by atomic mass is 10.2. The molecule has 0 saturated carbocycles. The zero-order chi connectivity index (χ0) is 17.2.